The van der Waals surface area contributed by atoms with E-state index in [1.54, 1.807) is 16.8 Å². The summed E-state index contributed by atoms with van der Waals surface area (Å²) in [6.45, 7) is 10.5. The lowest BCUT2D eigenvalue weighted by atomic mass is 10.1. The van der Waals surface area contributed by atoms with Gasteiger partial charge in [0, 0.05) is 42.8 Å². The number of amides is 2. The van der Waals surface area contributed by atoms with Crippen LogP contribution in [0, 0.1) is 6.92 Å². The molecule has 1 N–H and O–H groups in total. The van der Waals surface area contributed by atoms with Gasteiger partial charge in [0.15, 0.2) is 16.5 Å². The highest BCUT2D eigenvalue weighted by Crippen LogP contribution is 2.33. The molecule has 34 heavy (non-hydrogen) atoms. The summed E-state index contributed by atoms with van der Waals surface area (Å²) in [6.07, 6.45) is 6.35. The topological polar surface area (TPSA) is 83.4 Å². The van der Waals surface area contributed by atoms with E-state index in [4.69, 9.17) is 0 Å². The van der Waals surface area contributed by atoms with Crippen molar-refractivity contribution >= 4 is 44.3 Å². The van der Waals surface area contributed by atoms with Gasteiger partial charge in [-0.3, -0.25) is 14.9 Å². The van der Waals surface area contributed by atoms with Crippen LogP contribution in [0.15, 0.2) is 42.7 Å². The molecule has 3 aromatic rings. The van der Waals surface area contributed by atoms with Crippen molar-refractivity contribution in [3.63, 3.8) is 0 Å². The molecule has 2 saturated heterocycles. The summed E-state index contributed by atoms with van der Waals surface area (Å²) < 4.78 is 2.24. The first-order valence-corrected chi connectivity index (χ1v) is 12.4. The Labute approximate surface area is 202 Å². The molecule has 0 spiro atoms. The molecular formula is C25H28N6O2S. The Morgan fingerprint density at radius 1 is 1.12 bits per heavy atom. The summed E-state index contributed by atoms with van der Waals surface area (Å²) in [5.41, 5.74) is 4.21. The summed E-state index contributed by atoms with van der Waals surface area (Å²) in [6, 6.07) is 7.35. The Bertz CT molecular complexity index is 1300. The molecule has 2 amide bonds. The second kappa shape index (κ2) is 9.06. The average Bonchev–Trinajstić information content (AvgIpc) is 3.59. The van der Waals surface area contributed by atoms with Crippen LogP contribution in [0.4, 0.5) is 5.13 Å². The molecule has 8 nitrogen and oxygen atoms in total. The Balaban J connectivity index is 1.45. The first kappa shape index (κ1) is 22.3. The fourth-order valence-corrected chi connectivity index (χ4v) is 5.33. The molecule has 0 saturated carbocycles. The molecule has 0 aliphatic carbocycles. The van der Waals surface area contributed by atoms with E-state index in [-0.39, 0.29) is 11.8 Å². The van der Waals surface area contributed by atoms with Crippen LogP contribution >= 0.6 is 11.3 Å². The van der Waals surface area contributed by atoms with Crippen LogP contribution in [-0.2, 0) is 0 Å². The highest BCUT2D eigenvalue weighted by atomic mass is 32.1. The standard InChI is InChI=1S/C25H28N6O2S/c1-16(2)31-22-21(34-25(26-22)27-23(32)18-10-8-17(3)9-11-18)20(28-31)24(33)30-14-6-7-19(30)15-29-12-4-5-13-29/h8-11,15H,1,4-7,12-14H2,2-3H3,(H,26,27,32)/b19-15+. The van der Waals surface area contributed by atoms with Crippen molar-refractivity contribution in [1.82, 2.24) is 24.6 Å². The van der Waals surface area contributed by atoms with E-state index in [9.17, 15) is 9.59 Å². The predicted octanol–water partition coefficient (Wildman–Crippen LogP) is 4.72. The number of hydrogen-bond acceptors (Lipinski definition) is 6. The minimum atomic E-state index is -0.241. The molecule has 0 radical (unpaired) electrons. The number of carbonyl (C=O) groups is 2. The number of nitrogens with one attached hydrogen (secondary N) is 1. The second-order valence-electron chi connectivity index (χ2n) is 8.91. The molecule has 0 unspecified atom stereocenters. The third-order valence-corrected chi connectivity index (χ3v) is 7.17. The SMILES string of the molecule is C=C(C)n1nc(C(=O)N2CCC/C2=C\N2CCCC2)c2sc(NC(=O)c3ccc(C)cc3)nc21. The molecule has 0 atom stereocenters. The Hall–Kier alpha value is -3.46. The number of fused-ring (bicyclic) bond motifs is 1. The summed E-state index contributed by atoms with van der Waals surface area (Å²) in [7, 11) is 0. The van der Waals surface area contributed by atoms with Crippen molar-refractivity contribution in [3.8, 4) is 0 Å². The van der Waals surface area contributed by atoms with Crippen molar-refractivity contribution in [2.45, 2.75) is 39.5 Å². The molecule has 1 aromatic carbocycles. The second-order valence-corrected chi connectivity index (χ2v) is 9.91. The van der Waals surface area contributed by atoms with E-state index in [0.29, 0.717) is 39.0 Å². The van der Waals surface area contributed by atoms with Crippen LogP contribution < -0.4 is 5.32 Å². The zero-order valence-electron chi connectivity index (χ0n) is 19.5. The van der Waals surface area contributed by atoms with Gasteiger partial charge >= 0.3 is 0 Å². The molecule has 2 aliphatic heterocycles. The quantitative estimate of drug-likeness (QED) is 0.576. The Morgan fingerprint density at radius 2 is 1.85 bits per heavy atom. The van der Waals surface area contributed by atoms with E-state index < -0.39 is 0 Å². The molecule has 0 bridgehead atoms. The summed E-state index contributed by atoms with van der Waals surface area (Å²) in [4.78, 5) is 35.0. The summed E-state index contributed by atoms with van der Waals surface area (Å²) in [5, 5.41) is 7.86. The first-order chi connectivity index (χ1) is 16.4. The number of anilines is 1. The number of rotatable bonds is 5. The van der Waals surface area contributed by atoms with Crippen LogP contribution in [0.25, 0.3) is 16.0 Å². The molecule has 2 fully saturated rings. The van der Waals surface area contributed by atoms with E-state index >= 15 is 0 Å². The van der Waals surface area contributed by atoms with Crippen molar-refractivity contribution in [2.24, 2.45) is 0 Å². The van der Waals surface area contributed by atoms with E-state index in [2.05, 4.69) is 33.1 Å². The fourth-order valence-electron chi connectivity index (χ4n) is 4.41. The number of benzene rings is 1. The van der Waals surface area contributed by atoms with E-state index in [1.807, 2.05) is 30.9 Å². The summed E-state index contributed by atoms with van der Waals surface area (Å²) >= 11 is 1.26. The van der Waals surface area contributed by atoms with Gasteiger partial charge in [-0.25, -0.2) is 4.68 Å². The number of allylic oxidation sites excluding steroid dienone is 2. The molecular weight excluding hydrogens is 448 g/mol. The maximum absolute atomic E-state index is 13.6. The zero-order chi connectivity index (χ0) is 23.8. The third-order valence-electron chi connectivity index (χ3n) is 6.20. The lowest BCUT2D eigenvalue weighted by Crippen LogP contribution is -2.28. The van der Waals surface area contributed by atoms with Crippen LogP contribution in [0.1, 0.15) is 59.0 Å². The van der Waals surface area contributed by atoms with Crippen LogP contribution in [0.2, 0.25) is 0 Å². The predicted molar refractivity (Wildman–Crippen MR) is 135 cm³/mol. The van der Waals surface area contributed by atoms with Gasteiger partial charge in [-0.1, -0.05) is 35.6 Å². The number of hydrogen-bond donors (Lipinski definition) is 1. The minimum Gasteiger partial charge on any atom is -0.376 e. The lowest BCUT2D eigenvalue weighted by Gasteiger charge is -2.20. The largest absolute Gasteiger partial charge is 0.376 e. The van der Waals surface area contributed by atoms with Crippen molar-refractivity contribution in [1.29, 1.82) is 0 Å². The van der Waals surface area contributed by atoms with Crippen molar-refractivity contribution in [3.05, 3.63) is 59.6 Å². The normalized spacial score (nSPS) is 17.2. The average molecular weight is 477 g/mol. The number of likely N-dealkylation sites (tertiary alicyclic amines) is 2. The van der Waals surface area contributed by atoms with E-state index in [0.717, 1.165) is 37.2 Å². The minimum absolute atomic E-state index is 0.131. The van der Waals surface area contributed by atoms with Crippen LogP contribution in [0.3, 0.4) is 0 Å². The maximum atomic E-state index is 13.6. The highest BCUT2D eigenvalue weighted by Gasteiger charge is 2.31. The van der Waals surface area contributed by atoms with Crippen molar-refractivity contribution in [2.75, 3.05) is 25.0 Å². The van der Waals surface area contributed by atoms with Gasteiger partial charge < -0.3 is 9.80 Å². The maximum Gasteiger partial charge on any atom is 0.280 e. The fraction of sp³-hybridized carbons (Fsp3) is 0.360. The molecule has 9 heteroatoms. The van der Waals surface area contributed by atoms with Gasteiger partial charge in [0.25, 0.3) is 11.8 Å². The lowest BCUT2D eigenvalue weighted by molar-refractivity contribution is 0.0819. The van der Waals surface area contributed by atoms with E-state index in [1.165, 1.54) is 24.2 Å². The monoisotopic (exact) mass is 476 g/mol. The van der Waals surface area contributed by atoms with Gasteiger partial charge in [0.05, 0.1) is 0 Å². The van der Waals surface area contributed by atoms with Crippen LogP contribution in [-0.4, -0.2) is 56.0 Å². The van der Waals surface area contributed by atoms with Gasteiger partial charge in [-0.15, -0.1) is 0 Å². The third kappa shape index (κ3) is 4.23. The first-order valence-electron chi connectivity index (χ1n) is 11.6. The number of nitrogens with zero attached hydrogens (tertiary/aromatic N) is 5. The van der Waals surface area contributed by atoms with Crippen molar-refractivity contribution < 1.29 is 9.59 Å². The molecule has 5 rings (SSSR count). The molecule has 2 aromatic heterocycles. The summed E-state index contributed by atoms with van der Waals surface area (Å²) in [5.74, 6) is -0.373. The number of aryl methyl sites for hydroxylation is 1. The van der Waals surface area contributed by atoms with Gasteiger partial charge in [0.2, 0.25) is 0 Å². The molecule has 4 heterocycles. The zero-order valence-corrected chi connectivity index (χ0v) is 20.3. The number of thiazole rings is 1. The van der Waals surface area contributed by atoms with Gasteiger partial charge in [-0.05, 0) is 51.7 Å². The molecule has 176 valence electrons. The number of aromatic nitrogens is 3. The highest BCUT2D eigenvalue weighted by molar-refractivity contribution is 7.22. The van der Waals surface area contributed by atoms with Gasteiger partial charge in [-0.2, -0.15) is 10.1 Å². The van der Waals surface area contributed by atoms with Gasteiger partial charge in [0.1, 0.15) is 4.70 Å². The Kier molecular flexibility index (Phi) is 5.95. The molecule has 2 aliphatic rings. The van der Waals surface area contributed by atoms with Crippen LogP contribution in [0.5, 0.6) is 0 Å². The number of carbonyl (C=O) groups excluding carboxylic acids is 2. The Morgan fingerprint density at radius 3 is 2.56 bits per heavy atom. The smallest absolute Gasteiger partial charge is 0.280 e.